The van der Waals surface area contributed by atoms with Crippen LogP contribution in [0.1, 0.15) is 12.0 Å². The van der Waals surface area contributed by atoms with Gasteiger partial charge in [0.15, 0.2) is 17.8 Å². The van der Waals surface area contributed by atoms with Gasteiger partial charge < -0.3 is 54.0 Å². The highest BCUT2D eigenvalue weighted by Gasteiger charge is 2.47. The van der Waals surface area contributed by atoms with E-state index in [1.54, 1.807) is 0 Å². The lowest BCUT2D eigenvalue weighted by Gasteiger charge is -2.40. The van der Waals surface area contributed by atoms with Crippen molar-refractivity contribution in [3.05, 3.63) is 35.4 Å². The Balaban J connectivity index is 1.32. The van der Waals surface area contributed by atoms with Crippen LogP contribution in [0.15, 0.2) is 29.9 Å². The number of cyclic esters (lactones) is 1. The van der Waals surface area contributed by atoms with Gasteiger partial charge in [0.25, 0.3) is 0 Å². The molecule has 40 heavy (non-hydrogen) atoms. The number of methoxy groups -OCH3 is 2. The van der Waals surface area contributed by atoms with Gasteiger partial charge in [0.2, 0.25) is 5.75 Å². The molecule has 0 bridgehead atoms. The molecule has 1 aromatic rings. The second-order valence-corrected chi connectivity index (χ2v) is 9.77. The number of phenolic OH excluding ortho intramolecular Hbond substituents is 1. The fraction of sp³-hybridized carbons (Fsp3) is 0.556. The Morgan fingerprint density at radius 1 is 1.10 bits per heavy atom. The summed E-state index contributed by atoms with van der Waals surface area (Å²) >= 11 is 0. The molecule has 4 rings (SSSR count). The van der Waals surface area contributed by atoms with E-state index in [2.05, 4.69) is 0 Å². The number of esters is 2. The number of rotatable bonds is 10. The number of carbonyl (C=O) groups excluding carboxylic acids is 2. The van der Waals surface area contributed by atoms with E-state index in [9.17, 15) is 35.1 Å². The molecule has 0 saturated carbocycles. The molecule has 0 aromatic heterocycles. The van der Waals surface area contributed by atoms with E-state index in [0.717, 1.165) is 11.6 Å². The normalized spacial score (nSPS) is 31.9. The Kier molecular flexibility index (Phi) is 9.66. The predicted molar refractivity (Wildman–Crippen MR) is 135 cm³/mol. The molecule has 2 aliphatic heterocycles. The van der Waals surface area contributed by atoms with Gasteiger partial charge in [-0.25, -0.2) is 4.79 Å². The number of ether oxygens (including phenoxy) is 6. The van der Waals surface area contributed by atoms with E-state index >= 15 is 0 Å². The van der Waals surface area contributed by atoms with Crippen LogP contribution in [0.5, 0.6) is 17.2 Å². The zero-order valence-corrected chi connectivity index (χ0v) is 22.0. The van der Waals surface area contributed by atoms with Gasteiger partial charge in [0.05, 0.1) is 40.0 Å². The van der Waals surface area contributed by atoms with Crippen molar-refractivity contribution >= 4 is 18.0 Å². The maximum atomic E-state index is 12.3. The van der Waals surface area contributed by atoms with Gasteiger partial charge >= 0.3 is 11.9 Å². The van der Waals surface area contributed by atoms with Crippen LogP contribution in [0.4, 0.5) is 0 Å². The van der Waals surface area contributed by atoms with Crippen molar-refractivity contribution in [1.82, 2.24) is 0 Å². The number of hydrogen-bond donors (Lipinski definition) is 5. The van der Waals surface area contributed by atoms with Gasteiger partial charge in [-0.3, -0.25) is 4.79 Å². The van der Waals surface area contributed by atoms with Crippen molar-refractivity contribution in [2.75, 3.05) is 40.6 Å². The molecular formula is C27H34O13. The average Bonchev–Trinajstić information content (AvgIpc) is 3.37. The van der Waals surface area contributed by atoms with Crippen LogP contribution in [-0.4, -0.2) is 109 Å². The van der Waals surface area contributed by atoms with E-state index in [4.69, 9.17) is 28.4 Å². The Morgan fingerprint density at radius 2 is 1.80 bits per heavy atom. The molecule has 220 valence electrons. The van der Waals surface area contributed by atoms with Crippen LogP contribution >= 0.6 is 0 Å². The highest BCUT2D eigenvalue weighted by molar-refractivity contribution is 5.87. The first kappa shape index (κ1) is 29.8. The number of benzene rings is 1. The van der Waals surface area contributed by atoms with E-state index in [1.807, 2.05) is 6.08 Å². The molecule has 0 amide bonds. The summed E-state index contributed by atoms with van der Waals surface area (Å²) in [4.78, 5) is 24.2. The summed E-state index contributed by atoms with van der Waals surface area (Å²) in [6, 6.07) is 2.97. The molecular weight excluding hydrogens is 532 g/mol. The van der Waals surface area contributed by atoms with Gasteiger partial charge in [-0.2, -0.15) is 0 Å². The molecule has 13 heteroatoms. The molecule has 2 heterocycles. The smallest absolute Gasteiger partial charge is 0.330 e. The van der Waals surface area contributed by atoms with Crippen LogP contribution in [0, 0.1) is 17.8 Å². The third-order valence-electron chi connectivity index (χ3n) is 7.45. The zero-order chi connectivity index (χ0) is 29.0. The lowest BCUT2D eigenvalue weighted by molar-refractivity contribution is -0.299. The first-order valence-corrected chi connectivity index (χ1v) is 12.8. The second kappa shape index (κ2) is 13.0. The molecule has 1 aromatic carbocycles. The number of allylic oxidation sites excluding steroid dienone is 1. The highest BCUT2D eigenvalue weighted by Crippen LogP contribution is 2.41. The first-order valence-electron chi connectivity index (χ1n) is 12.8. The van der Waals surface area contributed by atoms with Crippen LogP contribution in [0.3, 0.4) is 0 Å². The summed E-state index contributed by atoms with van der Waals surface area (Å²) < 4.78 is 31.9. The van der Waals surface area contributed by atoms with Crippen molar-refractivity contribution in [3.8, 4) is 17.2 Å². The van der Waals surface area contributed by atoms with Gasteiger partial charge in [-0.15, -0.1) is 0 Å². The van der Waals surface area contributed by atoms with Crippen molar-refractivity contribution in [2.24, 2.45) is 17.8 Å². The molecule has 2 saturated heterocycles. The number of hydrogen-bond acceptors (Lipinski definition) is 13. The Hall–Kier alpha value is -3.20. The minimum atomic E-state index is -1.63. The summed E-state index contributed by atoms with van der Waals surface area (Å²) in [5, 5.41) is 50.7. The summed E-state index contributed by atoms with van der Waals surface area (Å²) in [5.74, 6) is -2.00. The Labute approximate surface area is 230 Å². The van der Waals surface area contributed by atoms with Crippen LogP contribution in [0.2, 0.25) is 0 Å². The molecule has 0 radical (unpaired) electrons. The van der Waals surface area contributed by atoms with E-state index < -0.39 is 55.2 Å². The standard InChI is InChI=1S/C27H34O13/c1-35-18-7-13(8-19(36-2)22(18)30)3-6-21(29)37-12-20-23(31)24(32)25(33)27(40-20)39-10-14-4-5-15-16(9-28)26(34)38-11-17(14)15/h3-4,6-8,15-17,20,23-25,27-28,30-33H,5,9-12H2,1-2H3/t15-,16-,17+,20+,23-,24+,25-,27+/m1/s1. The van der Waals surface area contributed by atoms with Gasteiger partial charge in [-0.1, -0.05) is 6.08 Å². The maximum absolute atomic E-state index is 12.3. The molecule has 5 N–H and O–H groups in total. The van der Waals surface area contributed by atoms with Crippen molar-refractivity contribution in [3.63, 3.8) is 0 Å². The average molecular weight is 567 g/mol. The van der Waals surface area contributed by atoms with Gasteiger partial charge in [0.1, 0.15) is 31.0 Å². The van der Waals surface area contributed by atoms with Gasteiger partial charge in [-0.05, 0) is 41.7 Å². The van der Waals surface area contributed by atoms with Crippen molar-refractivity contribution in [2.45, 2.75) is 37.1 Å². The zero-order valence-electron chi connectivity index (χ0n) is 22.0. The topological polar surface area (TPSA) is 191 Å². The number of aromatic hydroxyl groups is 1. The highest BCUT2D eigenvalue weighted by atomic mass is 16.7. The summed E-state index contributed by atoms with van der Waals surface area (Å²) in [7, 11) is 2.74. The number of aliphatic hydroxyl groups is 4. The SMILES string of the molecule is COc1cc(C=CC(=O)OC[C@@H]2O[C@H](OCC3=CC[C@@H]4[C@@H](CO)C(=O)OC[C@@H]34)[C@H](O)[C@@H](O)[C@@H]2O)cc(OC)c1O. The second-order valence-electron chi connectivity index (χ2n) is 9.77. The lowest BCUT2D eigenvalue weighted by Crippen LogP contribution is -2.59. The Bertz CT molecular complexity index is 1110. The molecule has 13 nitrogen and oxygen atoms in total. The van der Waals surface area contributed by atoms with Crippen LogP contribution in [-0.2, 0) is 28.5 Å². The predicted octanol–water partition coefficient (Wildman–Crippen LogP) is -0.482. The summed E-state index contributed by atoms with van der Waals surface area (Å²) in [6.07, 6.45) is -2.33. The van der Waals surface area contributed by atoms with Gasteiger partial charge in [0, 0.05) is 12.0 Å². The minimum absolute atomic E-state index is 0.00376. The van der Waals surface area contributed by atoms with E-state index in [1.165, 1.54) is 32.4 Å². The third-order valence-corrected chi connectivity index (χ3v) is 7.45. The van der Waals surface area contributed by atoms with Crippen molar-refractivity contribution < 1.29 is 63.5 Å². The van der Waals surface area contributed by atoms with Crippen molar-refractivity contribution in [1.29, 1.82) is 0 Å². The third kappa shape index (κ3) is 6.24. The molecule has 0 unspecified atom stereocenters. The Morgan fingerprint density at radius 3 is 2.45 bits per heavy atom. The lowest BCUT2D eigenvalue weighted by atomic mass is 9.80. The fourth-order valence-corrected chi connectivity index (χ4v) is 5.14. The number of phenols is 1. The van der Waals surface area contributed by atoms with Crippen LogP contribution < -0.4 is 9.47 Å². The van der Waals surface area contributed by atoms with E-state index in [-0.39, 0.29) is 48.9 Å². The van der Waals surface area contributed by atoms with E-state index in [0.29, 0.717) is 12.0 Å². The number of carbonyl (C=O) groups is 2. The molecule has 2 fully saturated rings. The molecule has 0 spiro atoms. The molecule has 8 atom stereocenters. The number of fused-ring (bicyclic) bond motifs is 1. The quantitative estimate of drug-likeness (QED) is 0.139. The monoisotopic (exact) mass is 566 g/mol. The summed E-state index contributed by atoms with van der Waals surface area (Å²) in [6.45, 7) is -0.613. The summed E-state index contributed by atoms with van der Waals surface area (Å²) in [5.41, 5.74) is 1.29. The number of aliphatic hydroxyl groups excluding tert-OH is 4. The first-order chi connectivity index (χ1) is 19.2. The largest absolute Gasteiger partial charge is 0.502 e. The van der Waals surface area contributed by atoms with Crippen LogP contribution in [0.25, 0.3) is 6.08 Å². The fourth-order valence-electron chi connectivity index (χ4n) is 5.14. The molecule has 1 aliphatic carbocycles. The molecule has 3 aliphatic rings. The maximum Gasteiger partial charge on any atom is 0.330 e. The minimum Gasteiger partial charge on any atom is -0.502 e.